The third-order valence-electron chi connectivity index (χ3n) is 7.28. The average Bonchev–Trinajstić information content (AvgIpc) is 3.74. The maximum absolute atomic E-state index is 13.5. The fourth-order valence-corrected chi connectivity index (χ4v) is 5.04. The Morgan fingerprint density at radius 3 is 2.55 bits per heavy atom. The van der Waals surface area contributed by atoms with Gasteiger partial charge in [0.1, 0.15) is 23.7 Å². The minimum atomic E-state index is -0.989. The van der Waals surface area contributed by atoms with E-state index in [1.54, 1.807) is 22.0 Å². The minimum Gasteiger partial charge on any atom is -0.489 e. The van der Waals surface area contributed by atoms with Crippen molar-refractivity contribution in [3.05, 3.63) is 78.4 Å². The van der Waals surface area contributed by atoms with Gasteiger partial charge in [-0.05, 0) is 48.6 Å². The molecular weight excluding hydrogens is 482 g/mol. The molecule has 1 amide bonds. The highest BCUT2D eigenvalue weighted by Crippen LogP contribution is 2.37. The second-order valence-electron chi connectivity index (χ2n) is 10.0. The van der Waals surface area contributed by atoms with Crippen LogP contribution in [0.1, 0.15) is 23.3 Å². The number of carbonyl (C=O) groups is 1. The van der Waals surface area contributed by atoms with Crippen molar-refractivity contribution >= 4 is 5.91 Å². The molecule has 2 unspecified atom stereocenters. The molecule has 3 aromatic rings. The summed E-state index contributed by atoms with van der Waals surface area (Å²) in [6, 6.07) is 11.9. The van der Waals surface area contributed by atoms with Gasteiger partial charge >= 0.3 is 0 Å². The van der Waals surface area contributed by atoms with E-state index in [-0.39, 0.29) is 12.5 Å². The molecule has 3 aliphatic rings. The zero-order valence-electron chi connectivity index (χ0n) is 21.0. The molecule has 1 saturated carbocycles. The van der Waals surface area contributed by atoms with E-state index >= 15 is 0 Å². The van der Waals surface area contributed by atoms with Gasteiger partial charge < -0.3 is 25.2 Å². The first-order valence-electron chi connectivity index (χ1n) is 13.1. The van der Waals surface area contributed by atoms with E-state index in [4.69, 9.17) is 9.84 Å². The monoisotopic (exact) mass is 513 g/mol. The predicted octanol–water partition coefficient (Wildman–Crippen LogP) is 2.62. The third-order valence-corrected chi connectivity index (χ3v) is 7.28. The van der Waals surface area contributed by atoms with Crippen molar-refractivity contribution in [3.63, 3.8) is 0 Å². The normalized spacial score (nSPS) is 19.5. The summed E-state index contributed by atoms with van der Waals surface area (Å²) in [5.74, 6) is 1.28. The van der Waals surface area contributed by atoms with E-state index in [9.17, 15) is 15.0 Å². The Hall–Kier alpha value is -3.95. The lowest BCUT2D eigenvalue weighted by atomic mass is 9.98. The molecule has 2 aromatic heterocycles. The fraction of sp³-hybridized carbons (Fsp3) is 0.345. The van der Waals surface area contributed by atoms with Gasteiger partial charge in [0.25, 0.3) is 5.91 Å². The molecule has 196 valence electrons. The van der Waals surface area contributed by atoms with Gasteiger partial charge in [0, 0.05) is 54.4 Å². The zero-order valence-corrected chi connectivity index (χ0v) is 21.0. The van der Waals surface area contributed by atoms with Crippen molar-refractivity contribution in [1.29, 1.82) is 0 Å². The van der Waals surface area contributed by atoms with Gasteiger partial charge in [0.2, 0.25) is 0 Å². The van der Waals surface area contributed by atoms with Crippen molar-refractivity contribution < 1.29 is 19.7 Å². The van der Waals surface area contributed by atoms with Crippen LogP contribution in [0.15, 0.2) is 72.7 Å². The Morgan fingerprint density at radius 2 is 1.87 bits per heavy atom. The number of dihydropyridines is 1. The number of β-amino-alcohol motifs (C(OH)–C–C–N with tert-alkyl or cyclic N) is 1. The van der Waals surface area contributed by atoms with Crippen LogP contribution in [0.3, 0.4) is 0 Å². The summed E-state index contributed by atoms with van der Waals surface area (Å²) in [4.78, 5) is 19.2. The van der Waals surface area contributed by atoms with Crippen molar-refractivity contribution in [2.24, 2.45) is 5.92 Å². The molecule has 0 radical (unpaired) electrons. The molecule has 6 rings (SSSR count). The summed E-state index contributed by atoms with van der Waals surface area (Å²) in [6.07, 6.45) is 11.4. The van der Waals surface area contributed by atoms with E-state index in [0.717, 1.165) is 33.9 Å². The van der Waals surface area contributed by atoms with Crippen LogP contribution in [-0.4, -0.2) is 74.2 Å². The number of nitrogens with one attached hydrogen (secondary N) is 1. The number of aromatic nitrogens is 3. The maximum Gasteiger partial charge on any atom is 0.272 e. The van der Waals surface area contributed by atoms with Gasteiger partial charge in [0.15, 0.2) is 0 Å². The van der Waals surface area contributed by atoms with Gasteiger partial charge in [-0.3, -0.25) is 14.5 Å². The van der Waals surface area contributed by atoms with E-state index < -0.39 is 12.7 Å². The van der Waals surface area contributed by atoms with Crippen molar-refractivity contribution in [2.75, 3.05) is 26.3 Å². The van der Waals surface area contributed by atoms with Crippen molar-refractivity contribution in [2.45, 2.75) is 31.5 Å². The lowest BCUT2D eigenvalue weighted by Crippen LogP contribution is -2.45. The number of rotatable bonds is 9. The number of hydrogen-bond donors (Lipinski definition) is 3. The van der Waals surface area contributed by atoms with Crippen LogP contribution < -0.4 is 10.1 Å². The first-order chi connectivity index (χ1) is 18.6. The summed E-state index contributed by atoms with van der Waals surface area (Å²) in [6.45, 7) is 1.04. The standard InChI is InChI=1S/C29H31N5O4/c35-17-23(36)16-33-13-14-34-28(29(33)37)26(27(32-34)22-9-11-30-12-10-22)21-4-6-24(7-5-21)38-18-19-1-8-25(31-15-19)20-2-3-20/h1,4-12,15,20,23,25,31,35-36H,2-3,13-14,16-18H2. The number of amides is 1. The van der Waals surface area contributed by atoms with Gasteiger partial charge in [0.05, 0.1) is 19.3 Å². The number of ether oxygens (including phenoxy) is 1. The highest BCUT2D eigenvalue weighted by Gasteiger charge is 2.33. The quantitative estimate of drug-likeness (QED) is 0.403. The number of aliphatic hydroxyl groups excluding tert-OH is 2. The van der Waals surface area contributed by atoms with Crippen LogP contribution in [0.2, 0.25) is 0 Å². The summed E-state index contributed by atoms with van der Waals surface area (Å²) < 4.78 is 7.78. The molecule has 38 heavy (non-hydrogen) atoms. The van der Waals surface area contributed by atoms with Crippen LogP contribution >= 0.6 is 0 Å². The SMILES string of the molecule is O=C1c2c(-c3ccc(OCC4=CNC(C5CC5)C=C4)cc3)c(-c3ccncc3)nn2CCN1CC(O)CO. The molecule has 1 aliphatic carbocycles. The van der Waals surface area contributed by atoms with E-state index in [0.29, 0.717) is 37.1 Å². The average molecular weight is 514 g/mol. The zero-order chi connectivity index (χ0) is 26.1. The Bertz CT molecular complexity index is 1360. The smallest absolute Gasteiger partial charge is 0.272 e. The van der Waals surface area contributed by atoms with Crippen molar-refractivity contribution in [3.8, 4) is 28.1 Å². The first kappa shape index (κ1) is 24.4. The number of benzene rings is 1. The Morgan fingerprint density at radius 1 is 1.08 bits per heavy atom. The largest absolute Gasteiger partial charge is 0.489 e. The summed E-state index contributed by atoms with van der Waals surface area (Å²) in [7, 11) is 0. The van der Waals surface area contributed by atoms with E-state index in [2.05, 4.69) is 22.5 Å². The first-order valence-corrected chi connectivity index (χ1v) is 13.1. The molecule has 0 saturated heterocycles. The third kappa shape index (κ3) is 4.94. The lowest BCUT2D eigenvalue weighted by molar-refractivity contribution is 0.0406. The predicted molar refractivity (Wildman–Crippen MR) is 142 cm³/mol. The van der Waals surface area contributed by atoms with Gasteiger partial charge in [-0.15, -0.1) is 0 Å². The molecule has 3 N–H and O–H groups in total. The summed E-state index contributed by atoms with van der Waals surface area (Å²) in [5.41, 5.74) is 4.68. The highest BCUT2D eigenvalue weighted by atomic mass is 16.5. The number of carbonyl (C=O) groups excluding carboxylic acids is 1. The highest BCUT2D eigenvalue weighted by molar-refractivity contribution is 6.03. The number of aliphatic hydroxyl groups is 2. The second kappa shape index (κ2) is 10.4. The molecule has 9 heteroatoms. The van der Waals surface area contributed by atoms with Crippen LogP contribution in [0.25, 0.3) is 22.4 Å². The fourth-order valence-electron chi connectivity index (χ4n) is 5.04. The molecule has 2 aliphatic heterocycles. The molecule has 1 fully saturated rings. The van der Waals surface area contributed by atoms with Crippen LogP contribution in [0.4, 0.5) is 0 Å². The second-order valence-corrected chi connectivity index (χ2v) is 10.0. The van der Waals surface area contributed by atoms with Crippen LogP contribution in [0, 0.1) is 5.92 Å². The molecular formula is C29H31N5O4. The van der Waals surface area contributed by atoms with Crippen LogP contribution in [0.5, 0.6) is 5.75 Å². The number of hydrogen-bond acceptors (Lipinski definition) is 7. The lowest BCUT2D eigenvalue weighted by Gasteiger charge is -2.29. The Kier molecular flexibility index (Phi) is 6.70. The van der Waals surface area contributed by atoms with E-state index in [1.165, 1.54) is 12.8 Å². The minimum absolute atomic E-state index is 0.0673. The molecule has 0 bridgehead atoms. The Balaban J connectivity index is 1.26. The topological polar surface area (TPSA) is 113 Å². The summed E-state index contributed by atoms with van der Waals surface area (Å²) >= 11 is 0. The van der Waals surface area contributed by atoms with Gasteiger partial charge in [-0.25, -0.2) is 0 Å². The number of pyridine rings is 1. The van der Waals surface area contributed by atoms with Crippen molar-refractivity contribution in [1.82, 2.24) is 25.0 Å². The Labute approximate surface area is 221 Å². The summed E-state index contributed by atoms with van der Waals surface area (Å²) in [5, 5.41) is 27.5. The molecule has 2 atom stereocenters. The van der Waals surface area contributed by atoms with Gasteiger partial charge in [-0.1, -0.05) is 24.3 Å². The molecule has 9 nitrogen and oxygen atoms in total. The number of nitrogens with zero attached hydrogens (tertiary/aromatic N) is 4. The molecule has 0 spiro atoms. The maximum atomic E-state index is 13.5. The molecule has 1 aromatic carbocycles. The number of fused-ring (bicyclic) bond motifs is 1. The van der Waals surface area contributed by atoms with Crippen LogP contribution in [-0.2, 0) is 6.54 Å². The molecule has 4 heterocycles. The van der Waals surface area contributed by atoms with E-state index in [1.807, 2.05) is 42.6 Å². The van der Waals surface area contributed by atoms with Gasteiger partial charge in [-0.2, -0.15) is 5.10 Å².